The molecule has 2 aromatic carbocycles. The molecule has 0 bridgehead atoms. The number of nitrogens with zero attached hydrogens (tertiary/aromatic N) is 3. The Morgan fingerprint density at radius 3 is 2.61 bits per heavy atom. The molecule has 1 aliphatic heterocycles. The minimum Gasteiger partial charge on any atom is -0.449 e. The monoisotopic (exact) mass is 467 g/mol. The van der Waals surface area contributed by atoms with Crippen molar-refractivity contribution in [3.05, 3.63) is 59.1 Å². The quantitative estimate of drug-likeness (QED) is 0.565. The number of halogens is 1. The molecule has 1 aromatic heterocycles. The summed E-state index contributed by atoms with van der Waals surface area (Å²) in [5.74, 6) is -0.176. The molecule has 0 unspecified atom stereocenters. The Kier molecular flexibility index (Phi) is 6.67. The molecule has 0 spiro atoms. The van der Waals surface area contributed by atoms with Gasteiger partial charge in [-0.3, -0.25) is 9.69 Å². The van der Waals surface area contributed by atoms with Gasteiger partial charge in [-0.2, -0.15) is 0 Å². The fourth-order valence-electron chi connectivity index (χ4n) is 3.80. The molecule has 1 aliphatic rings. The number of ether oxygens (including phenoxy) is 1. The summed E-state index contributed by atoms with van der Waals surface area (Å²) in [5.41, 5.74) is 15.3. The molecular weight excluding hydrogens is 442 g/mol. The van der Waals surface area contributed by atoms with Crippen molar-refractivity contribution in [2.24, 2.45) is 5.73 Å². The number of pyridine rings is 1. The summed E-state index contributed by atoms with van der Waals surface area (Å²) in [4.78, 5) is 33.1. The number of nitrogens with two attached hydrogens (primary N) is 2. The van der Waals surface area contributed by atoms with Crippen LogP contribution in [0.25, 0.3) is 22.2 Å². The van der Waals surface area contributed by atoms with E-state index in [0.717, 1.165) is 17.4 Å². The van der Waals surface area contributed by atoms with E-state index in [2.05, 4.69) is 0 Å². The summed E-state index contributed by atoms with van der Waals surface area (Å²) >= 11 is 6.50. The van der Waals surface area contributed by atoms with Gasteiger partial charge in [0, 0.05) is 35.3 Å². The number of nitrogen functional groups attached to an aromatic ring is 1. The molecule has 9 heteroatoms. The van der Waals surface area contributed by atoms with Crippen LogP contribution >= 0.6 is 11.6 Å². The van der Waals surface area contributed by atoms with Gasteiger partial charge in [-0.25, -0.2) is 9.78 Å². The third-order valence-corrected chi connectivity index (χ3v) is 5.90. The maximum Gasteiger partial charge on any atom is 0.411 e. The first-order chi connectivity index (χ1) is 15.9. The third-order valence-electron chi connectivity index (χ3n) is 5.58. The van der Waals surface area contributed by atoms with Crippen LogP contribution in [0.15, 0.2) is 48.5 Å². The minimum absolute atomic E-state index is 0.176. The van der Waals surface area contributed by atoms with E-state index < -0.39 is 12.3 Å². The molecule has 1 saturated heterocycles. The fourth-order valence-corrected chi connectivity index (χ4v) is 4.06. The Bertz CT molecular complexity index is 1180. The number of amides is 2. The van der Waals surface area contributed by atoms with Gasteiger partial charge in [0.05, 0.1) is 29.4 Å². The van der Waals surface area contributed by atoms with Gasteiger partial charge >= 0.3 is 6.09 Å². The van der Waals surface area contributed by atoms with E-state index in [4.69, 9.17) is 32.8 Å². The Morgan fingerprint density at radius 2 is 1.91 bits per heavy atom. The number of benzene rings is 2. The molecule has 3 aromatic rings. The van der Waals surface area contributed by atoms with E-state index in [9.17, 15) is 9.59 Å². The minimum atomic E-state index is -0.628. The van der Waals surface area contributed by atoms with Crippen LogP contribution in [0.2, 0.25) is 5.02 Å². The van der Waals surface area contributed by atoms with Crippen molar-refractivity contribution in [2.45, 2.75) is 19.5 Å². The smallest absolute Gasteiger partial charge is 0.411 e. The molecular formula is C24H26ClN5O3. The van der Waals surface area contributed by atoms with Gasteiger partial charge in [0.15, 0.2) is 0 Å². The second-order valence-corrected chi connectivity index (χ2v) is 8.38. The number of fused-ring (bicyclic) bond motifs is 1. The molecule has 2 amide bonds. The summed E-state index contributed by atoms with van der Waals surface area (Å²) in [6.45, 7) is 3.17. The zero-order chi connectivity index (χ0) is 23.5. The van der Waals surface area contributed by atoms with Crippen molar-refractivity contribution in [1.82, 2.24) is 14.8 Å². The molecule has 4 N–H and O–H groups in total. The number of rotatable bonds is 4. The van der Waals surface area contributed by atoms with E-state index in [1.165, 1.54) is 4.90 Å². The van der Waals surface area contributed by atoms with Crippen LogP contribution in [0, 0.1) is 0 Å². The standard InChI is InChI=1S/C24H26ClN5O3/c1-2-11-33-24(32)30-10-9-29(14-22(30)27)23(31)16-5-8-18-19(25)13-20(28-21(18)12-16)15-3-6-17(26)7-4-15/h3-8,12-13,22H,2,9-11,14,26-27H2,1H3/t22-/m0/s1. The Balaban J connectivity index is 1.55. The average molecular weight is 468 g/mol. The highest BCUT2D eigenvalue weighted by Gasteiger charge is 2.31. The summed E-state index contributed by atoms with van der Waals surface area (Å²) in [5, 5.41) is 1.31. The molecule has 33 heavy (non-hydrogen) atoms. The van der Waals surface area contributed by atoms with Gasteiger partial charge in [-0.15, -0.1) is 0 Å². The maximum atomic E-state index is 13.2. The number of hydrogen-bond donors (Lipinski definition) is 2. The van der Waals surface area contributed by atoms with Crippen molar-refractivity contribution >= 4 is 40.2 Å². The Morgan fingerprint density at radius 1 is 1.15 bits per heavy atom. The highest BCUT2D eigenvalue weighted by Crippen LogP contribution is 2.29. The fraction of sp³-hybridized carbons (Fsp3) is 0.292. The third kappa shape index (κ3) is 4.86. The van der Waals surface area contributed by atoms with Gasteiger partial charge < -0.3 is 21.1 Å². The molecule has 0 radical (unpaired) electrons. The molecule has 1 atom stereocenters. The largest absolute Gasteiger partial charge is 0.449 e. The first-order valence-electron chi connectivity index (χ1n) is 10.8. The summed E-state index contributed by atoms with van der Waals surface area (Å²) in [6, 6.07) is 14.4. The number of piperazine rings is 1. The average Bonchev–Trinajstić information content (AvgIpc) is 2.82. The summed E-state index contributed by atoms with van der Waals surface area (Å²) in [6.07, 6.45) is -0.340. The van der Waals surface area contributed by atoms with Crippen LogP contribution in [0.3, 0.4) is 0 Å². The Labute approximate surface area is 197 Å². The molecule has 8 nitrogen and oxygen atoms in total. The first kappa shape index (κ1) is 22.8. The second-order valence-electron chi connectivity index (χ2n) is 7.97. The molecule has 172 valence electrons. The highest BCUT2D eigenvalue weighted by molar-refractivity contribution is 6.35. The lowest BCUT2D eigenvalue weighted by atomic mass is 10.1. The van der Waals surface area contributed by atoms with E-state index in [0.29, 0.717) is 47.2 Å². The molecule has 0 aliphatic carbocycles. The van der Waals surface area contributed by atoms with Crippen LogP contribution in [-0.4, -0.2) is 59.2 Å². The molecule has 0 saturated carbocycles. The normalized spacial score (nSPS) is 16.2. The molecule has 2 heterocycles. The van der Waals surface area contributed by atoms with Crippen LogP contribution in [0.1, 0.15) is 23.7 Å². The Hall–Kier alpha value is -3.36. The van der Waals surface area contributed by atoms with Crippen LogP contribution in [0.5, 0.6) is 0 Å². The lowest BCUT2D eigenvalue weighted by Gasteiger charge is -2.38. The van der Waals surface area contributed by atoms with E-state index in [1.54, 1.807) is 41.3 Å². The van der Waals surface area contributed by atoms with E-state index in [1.807, 2.05) is 19.1 Å². The van der Waals surface area contributed by atoms with Crippen molar-refractivity contribution in [3.8, 4) is 11.3 Å². The van der Waals surface area contributed by atoms with Gasteiger partial charge in [-0.05, 0) is 36.8 Å². The van der Waals surface area contributed by atoms with Crippen molar-refractivity contribution in [3.63, 3.8) is 0 Å². The second kappa shape index (κ2) is 9.64. The van der Waals surface area contributed by atoms with Crippen molar-refractivity contribution < 1.29 is 14.3 Å². The van der Waals surface area contributed by atoms with Gasteiger partial charge in [0.25, 0.3) is 5.91 Å². The first-order valence-corrected chi connectivity index (χ1v) is 11.2. The van der Waals surface area contributed by atoms with E-state index >= 15 is 0 Å². The number of hydrogen-bond acceptors (Lipinski definition) is 6. The number of carbonyl (C=O) groups is 2. The number of aromatic nitrogens is 1. The predicted octanol–water partition coefficient (Wildman–Crippen LogP) is 3.73. The molecule has 4 rings (SSSR count). The topological polar surface area (TPSA) is 115 Å². The predicted molar refractivity (Wildman–Crippen MR) is 129 cm³/mol. The van der Waals surface area contributed by atoms with Gasteiger partial charge in [0.2, 0.25) is 0 Å². The van der Waals surface area contributed by atoms with Gasteiger partial charge in [-0.1, -0.05) is 36.7 Å². The summed E-state index contributed by atoms with van der Waals surface area (Å²) < 4.78 is 5.17. The number of anilines is 1. The zero-order valence-corrected chi connectivity index (χ0v) is 19.1. The van der Waals surface area contributed by atoms with Gasteiger partial charge in [0.1, 0.15) is 6.17 Å². The van der Waals surface area contributed by atoms with Crippen LogP contribution < -0.4 is 11.5 Å². The van der Waals surface area contributed by atoms with E-state index in [-0.39, 0.29) is 12.5 Å². The summed E-state index contributed by atoms with van der Waals surface area (Å²) in [7, 11) is 0. The van der Waals surface area contributed by atoms with Crippen molar-refractivity contribution in [2.75, 3.05) is 32.0 Å². The zero-order valence-electron chi connectivity index (χ0n) is 18.3. The lowest BCUT2D eigenvalue weighted by molar-refractivity contribution is 0.0390. The van der Waals surface area contributed by atoms with Crippen LogP contribution in [-0.2, 0) is 4.74 Å². The maximum absolute atomic E-state index is 13.2. The lowest BCUT2D eigenvalue weighted by Crippen LogP contribution is -2.60. The number of carbonyl (C=O) groups excluding carboxylic acids is 2. The van der Waals surface area contributed by atoms with Crippen molar-refractivity contribution in [1.29, 1.82) is 0 Å². The van der Waals surface area contributed by atoms with Crippen LogP contribution in [0.4, 0.5) is 10.5 Å². The SMILES string of the molecule is CCCOC(=O)N1CCN(C(=O)c2ccc3c(Cl)cc(-c4ccc(N)cc4)nc3c2)C[C@H]1N. The molecule has 1 fully saturated rings. The highest BCUT2D eigenvalue weighted by atomic mass is 35.5.